The zero-order valence-corrected chi connectivity index (χ0v) is 10.7. The number of hydrogen-bond acceptors (Lipinski definition) is 1. The molecule has 0 aromatic heterocycles. The van der Waals surface area contributed by atoms with Gasteiger partial charge in [0.1, 0.15) is 5.82 Å². The van der Waals surface area contributed by atoms with Crippen LogP contribution in [-0.2, 0) is 6.42 Å². The molecule has 0 saturated heterocycles. The molecule has 0 saturated carbocycles. The topological polar surface area (TPSA) is 37.3 Å². The molecule has 0 unspecified atom stereocenters. The van der Waals surface area contributed by atoms with E-state index in [1.807, 2.05) is 24.3 Å². The van der Waals surface area contributed by atoms with Crippen molar-refractivity contribution in [3.63, 3.8) is 0 Å². The van der Waals surface area contributed by atoms with Crippen molar-refractivity contribution in [3.05, 3.63) is 59.4 Å². The lowest BCUT2D eigenvalue weighted by Crippen LogP contribution is -1.97. The van der Waals surface area contributed by atoms with E-state index in [9.17, 15) is 9.18 Å². The van der Waals surface area contributed by atoms with E-state index in [0.717, 1.165) is 12.8 Å². The van der Waals surface area contributed by atoms with Gasteiger partial charge in [0.25, 0.3) is 0 Å². The Hall–Kier alpha value is -2.16. The molecule has 3 heteroatoms. The van der Waals surface area contributed by atoms with Crippen molar-refractivity contribution in [1.82, 2.24) is 0 Å². The van der Waals surface area contributed by atoms with Crippen molar-refractivity contribution >= 4 is 5.97 Å². The van der Waals surface area contributed by atoms with Crippen molar-refractivity contribution in [1.29, 1.82) is 0 Å². The van der Waals surface area contributed by atoms with Gasteiger partial charge in [-0.25, -0.2) is 9.18 Å². The summed E-state index contributed by atoms with van der Waals surface area (Å²) in [7, 11) is 0. The first kappa shape index (κ1) is 13.3. The van der Waals surface area contributed by atoms with Crippen molar-refractivity contribution < 1.29 is 14.3 Å². The molecule has 0 atom stereocenters. The van der Waals surface area contributed by atoms with Crippen LogP contribution in [-0.4, -0.2) is 11.1 Å². The van der Waals surface area contributed by atoms with E-state index >= 15 is 0 Å². The predicted molar refractivity (Wildman–Crippen MR) is 72.8 cm³/mol. The Bertz CT molecular complexity index is 588. The molecule has 2 aromatic rings. The molecule has 98 valence electrons. The molecule has 0 fully saturated rings. The average Bonchev–Trinajstić information content (AvgIpc) is 2.40. The Kier molecular flexibility index (Phi) is 3.95. The van der Waals surface area contributed by atoms with E-state index < -0.39 is 11.8 Å². The second-order valence-electron chi connectivity index (χ2n) is 4.45. The Morgan fingerprint density at radius 2 is 1.84 bits per heavy atom. The summed E-state index contributed by atoms with van der Waals surface area (Å²) in [5, 5.41) is 8.94. The highest BCUT2D eigenvalue weighted by Crippen LogP contribution is 2.24. The summed E-state index contributed by atoms with van der Waals surface area (Å²) in [5.74, 6) is -1.46. The molecule has 1 N–H and O–H groups in total. The molecule has 19 heavy (non-hydrogen) atoms. The Balaban J connectivity index is 2.40. The summed E-state index contributed by atoms with van der Waals surface area (Å²) in [6.45, 7) is 2.10. The first-order valence-electron chi connectivity index (χ1n) is 6.24. The van der Waals surface area contributed by atoms with Crippen molar-refractivity contribution in [2.75, 3.05) is 0 Å². The van der Waals surface area contributed by atoms with E-state index in [2.05, 4.69) is 6.92 Å². The van der Waals surface area contributed by atoms with Gasteiger partial charge < -0.3 is 5.11 Å². The molecular weight excluding hydrogens is 243 g/mol. The minimum Gasteiger partial charge on any atom is -0.478 e. The summed E-state index contributed by atoms with van der Waals surface area (Å²) < 4.78 is 13.8. The van der Waals surface area contributed by atoms with Gasteiger partial charge in [0, 0.05) is 5.56 Å². The van der Waals surface area contributed by atoms with E-state index in [1.165, 1.54) is 23.8 Å². The van der Waals surface area contributed by atoms with Gasteiger partial charge in [-0.1, -0.05) is 37.6 Å². The Morgan fingerprint density at radius 3 is 2.42 bits per heavy atom. The number of benzene rings is 2. The summed E-state index contributed by atoms with van der Waals surface area (Å²) in [6, 6.07) is 11.4. The maximum Gasteiger partial charge on any atom is 0.335 e. The second-order valence-corrected chi connectivity index (χ2v) is 4.45. The number of aromatic carboxylic acids is 1. The number of carboxylic acids is 1. The lowest BCUT2D eigenvalue weighted by molar-refractivity contribution is 0.0697. The molecule has 0 amide bonds. The first-order chi connectivity index (χ1) is 9.11. The van der Waals surface area contributed by atoms with Crippen LogP contribution in [0.15, 0.2) is 42.5 Å². The summed E-state index contributed by atoms with van der Waals surface area (Å²) in [6.07, 6.45) is 2.04. The fourth-order valence-corrected chi connectivity index (χ4v) is 2.02. The van der Waals surface area contributed by atoms with Crippen LogP contribution in [0.1, 0.15) is 29.3 Å². The number of hydrogen-bond donors (Lipinski definition) is 1. The van der Waals surface area contributed by atoms with Crippen LogP contribution in [0.5, 0.6) is 0 Å². The molecule has 0 radical (unpaired) electrons. The largest absolute Gasteiger partial charge is 0.478 e. The molecule has 2 nitrogen and oxygen atoms in total. The average molecular weight is 258 g/mol. The third-order valence-electron chi connectivity index (χ3n) is 3.02. The van der Waals surface area contributed by atoms with E-state index in [1.54, 1.807) is 0 Å². The normalized spacial score (nSPS) is 10.4. The molecular formula is C16H15FO2. The predicted octanol–water partition coefficient (Wildman–Crippen LogP) is 4.14. The number of halogens is 1. The van der Waals surface area contributed by atoms with Gasteiger partial charge in [-0.15, -0.1) is 0 Å². The summed E-state index contributed by atoms with van der Waals surface area (Å²) >= 11 is 0. The van der Waals surface area contributed by atoms with Crippen LogP contribution >= 0.6 is 0 Å². The van der Waals surface area contributed by atoms with E-state index in [-0.39, 0.29) is 5.56 Å². The molecule has 2 aromatic carbocycles. The summed E-state index contributed by atoms with van der Waals surface area (Å²) in [4.78, 5) is 10.9. The van der Waals surface area contributed by atoms with Crippen LogP contribution in [0.4, 0.5) is 4.39 Å². The lowest BCUT2D eigenvalue weighted by atomic mass is 10.00. The standard InChI is InChI=1S/C16H15FO2/c1-2-3-11-4-6-12(7-5-11)14-10-13(16(18)19)8-9-15(14)17/h4-10H,2-3H2,1H3,(H,18,19). The SMILES string of the molecule is CCCc1ccc(-c2cc(C(=O)O)ccc2F)cc1. The highest BCUT2D eigenvalue weighted by atomic mass is 19.1. The fourth-order valence-electron chi connectivity index (χ4n) is 2.02. The van der Waals surface area contributed by atoms with Crippen LogP contribution < -0.4 is 0 Å². The quantitative estimate of drug-likeness (QED) is 0.894. The molecule has 0 heterocycles. The van der Waals surface area contributed by atoms with Crippen LogP contribution in [0.25, 0.3) is 11.1 Å². The zero-order chi connectivity index (χ0) is 13.8. The fraction of sp³-hybridized carbons (Fsp3) is 0.188. The maximum atomic E-state index is 13.8. The molecule has 0 aliphatic heterocycles. The molecule has 0 aliphatic rings. The Morgan fingerprint density at radius 1 is 1.16 bits per heavy atom. The lowest BCUT2D eigenvalue weighted by Gasteiger charge is -2.06. The highest BCUT2D eigenvalue weighted by molar-refractivity contribution is 5.89. The van der Waals surface area contributed by atoms with Gasteiger partial charge in [0.2, 0.25) is 0 Å². The third kappa shape index (κ3) is 2.99. The van der Waals surface area contributed by atoms with Gasteiger partial charge >= 0.3 is 5.97 Å². The van der Waals surface area contributed by atoms with Gasteiger partial charge in [0.05, 0.1) is 5.56 Å². The summed E-state index contributed by atoms with van der Waals surface area (Å²) in [5.41, 5.74) is 2.30. The molecule has 0 spiro atoms. The number of aryl methyl sites for hydroxylation is 1. The third-order valence-corrected chi connectivity index (χ3v) is 3.02. The van der Waals surface area contributed by atoms with Gasteiger partial charge in [-0.2, -0.15) is 0 Å². The van der Waals surface area contributed by atoms with Crippen LogP contribution in [0, 0.1) is 5.82 Å². The maximum absolute atomic E-state index is 13.8. The van der Waals surface area contributed by atoms with Crippen molar-refractivity contribution in [2.24, 2.45) is 0 Å². The van der Waals surface area contributed by atoms with Gasteiger partial charge in [-0.3, -0.25) is 0 Å². The first-order valence-corrected chi connectivity index (χ1v) is 6.24. The smallest absolute Gasteiger partial charge is 0.335 e. The van der Waals surface area contributed by atoms with E-state index in [4.69, 9.17) is 5.11 Å². The Labute approximate surface area is 111 Å². The van der Waals surface area contributed by atoms with Crippen molar-refractivity contribution in [3.8, 4) is 11.1 Å². The zero-order valence-electron chi connectivity index (χ0n) is 10.7. The minimum atomic E-state index is -1.05. The molecule has 2 rings (SSSR count). The van der Waals surface area contributed by atoms with Gasteiger partial charge in [-0.05, 0) is 35.7 Å². The second kappa shape index (κ2) is 5.65. The molecule has 0 bridgehead atoms. The number of carboxylic acid groups (broad SMARTS) is 1. The number of rotatable bonds is 4. The van der Waals surface area contributed by atoms with Crippen LogP contribution in [0.2, 0.25) is 0 Å². The van der Waals surface area contributed by atoms with Crippen LogP contribution in [0.3, 0.4) is 0 Å². The number of carbonyl (C=O) groups is 1. The van der Waals surface area contributed by atoms with Gasteiger partial charge in [0.15, 0.2) is 0 Å². The van der Waals surface area contributed by atoms with Crippen molar-refractivity contribution in [2.45, 2.75) is 19.8 Å². The minimum absolute atomic E-state index is 0.0917. The highest BCUT2D eigenvalue weighted by Gasteiger charge is 2.10. The van der Waals surface area contributed by atoms with E-state index in [0.29, 0.717) is 11.1 Å². The monoisotopic (exact) mass is 258 g/mol. The molecule has 0 aliphatic carbocycles.